The molecule has 3 atom stereocenters. The minimum absolute atomic E-state index is 0.0285. The fourth-order valence-corrected chi connectivity index (χ4v) is 3.98. The normalized spacial score (nSPS) is 26.0. The maximum Gasteiger partial charge on any atom is 0.326 e. The summed E-state index contributed by atoms with van der Waals surface area (Å²) >= 11 is 0. The summed E-state index contributed by atoms with van der Waals surface area (Å²) in [5.74, 6) is -1.23. The first-order chi connectivity index (χ1) is 11.6. The fourth-order valence-electron chi connectivity index (χ4n) is 3.98. The number of carboxylic acids is 1. The van der Waals surface area contributed by atoms with E-state index in [1.165, 1.54) is 12.1 Å². The van der Waals surface area contributed by atoms with E-state index in [4.69, 9.17) is 4.74 Å². The Hall–Kier alpha value is -2.11. The van der Waals surface area contributed by atoms with Crippen LogP contribution >= 0.6 is 0 Å². The van der Waals surface area contributed by atoms with Gasteiger partial charge >= 0.3 is 5.97 Å². The molecule has 24 heavy (non-hydrogen) atoms. The zero-order chi connectivity index (χ0) is 17.1. The van der Waals surface area contributed by atoms with Crippen LogP contribution in [0.1, 0.15) is 38.5 Å². The van der Waals surface area contributed by atoms with E-state index in [2.05, 4.69) is 0 Å². The maximum atomic E-state index is 13.5. The number of nitrogens with zero attached hydrogens (tertiary/aromatic N) is 1. The average molecular weight is 335 g/mol. The second-order valence-electron chi connectivity index (χ2n) is 6.53. The molecule has 0 aromatic heterocycles. The van der Waals surface area contributed by atoms with Gasteiger partial charge in [-0.1, -0.05) is 25.0 Å². The van der Waals surface area contributed by atoms with E-state index in [9.17, 15) is 19.1 Å². The van der Waals surface area contributed by atoms with Crippen molar-refractivity contribution < 1.29 is 23.8 Å². The van der Waals surface area contributed by atoms with E-state index in [0.717, 1.165) is 25.7 Å². The van der Waals surface area contributed by atoms with Gasteiger partial charge in [0.05, 0.1) is 13.0 Å². The molecule has 1 amide bonds. The third kappa shape index (κ3) is 3.37. The van der Waals surface area contributed by atoms with Gasteiger partial charge in [0.1, 0.15) is 6.04 Å². The predicted octanol–water partition coefficient (Wildman–Crippen LogP) is 2.84. The standard InChI is InChI=1S/C18H22FNO4/c19-13-6-2-4-8-16(13)24-10-9-17(21)20-14-7-3-1-5-12(14)11-15(20)18(22)23/h2,4,6,8,12,14-15H,1,3,5,7,9-11H2,(H,22,23). The largest absolute Gasteiger partial charge is 0.490 e. The molecule has 5 nitrogen and oxygen atoms in total. The van der Waals surface area contributed by atoms with E-state index < -0.39 is 17.8 Å². The first-order valence-corrected chi connectivity index (χ1v) is 8.49. The molecule has 1 heterocycles. The van der Waals surface area contributed by atoms with E-state index in [1.807, 2.05) is 0 Å². The Morgan fingerprint density at radius 2 is 2.00 bits per heavy atom. The fraction of sp³-hybridized carbons (Fsp3) is 0.556. The monoisotopic (exact) mass is 335 g/mol. The van der Waals surface area contributed by atoms with Gasteiger partial charge < -0.3 is 14.7 Å². The minimum Gasteiger partial charge on any atom is -0.490 e. The number of hydrogen-bond acceptors (Lipinski definition) is 3. The average Bonchev–Trinajstić information content (AvgIpc) is 2.96. The highest BCUT2D eigenvalue weighted by Gasteiger charge is 2.47. The zero-order valence-electron chi connectivity index (χ0n) is 13.5. The Bertz CT molecular complexity index is 621. The topological polar surface area (TPSA) is 66.8 Å². The highest BCUT2D eigenvalue weighted by molar-refractivity contribution is 5.84. The molecule has 6 heteroatoms. The van der Waals surface area contributed by atoms with E-state index >= 15 is 0 Å². The Balaban J connectivity index is 1.62. The van der Waals surface area contributed by atoms with Crippen LogP contribution in [-0.2, 0) is 9.59 Å². The highest BCUT2D eigenvalue weighted by atomic mass is 19.1. The number of amides is 1. The van der Waals surface area contributed by atoms with Gasteiger partial charge in [0.15, 0.2) is 11.6 Å². The summed E-state index contributed by atoms with van der Waals surface area (Å²) in [4.78, 5) is 25.7. The quantitative estimate of drug-likeness (QED) is 0.898. The van der Waals surface area contributed by atoms with Crippen molar-refractivity contribution in [1.29, 1.82) is 0 Å². The summed E-state index contributed by atoms with van der Waals surface area (Å²) < 4.78 is 18.8. The first-order valence-electron chi connectivity index (χ1n) is 8.49. The zero-order valence-corrected chi connectivity index (χ0v) is 13.5. The predicted molar refractivity (Wildman–Crippen MR) is 85.1 cm³/mol. The SMILES string of the molecule is O=C(O)C1CC2CCCCC2N1C(=O)CCOc1ccccc1F. The molecule has 2 fully saturated rings. The molecule has 0 radical (unpaired) electrons. The molecule has 1 aromatic carbocycles. The number of carbonyl (C=O) groups is 2. The lowest BCUT2D eigenvalue weighted by molar-refractivity contribution is -0.150. The number of benzene rings is 1. The van der Waals surface area contributed by atoms with Crippen LogP contribution in [0, 0.1) is 11.7 Å². The van der Waals surface area contributed by atoms with Crippen LogP contribution < -0.4 is 4.74 Å². The maximum absolute atomic E-state index is 13.5. The van der Waals surface area contributed by atoms with Crippen molar-refractivity contribution in [1.82, 2.24) is 4.90 Å². The van der Waals surface area contributed by atoms with Crippen molar-refractivity contribution in [2.75, 3.05) is 6.61 Å². The van der Waals surface area contributed by atoms with Crippen LogP contribution in [0.5, 0.6) is 5.75 Å². The van der Waals surface area contributed by atoms with Gasteiger partial charge in [0.25, 0.3) is 0 Å². The third-order valence-corrected chi connectivity index (χ3v) is 5.07. The van der Waals surface area contributed by atoms with Crippen LogP contribution in [0.4, 0.5) is 4.39 Å². The molecule has 130 valence electrons. The molecule has 0 bridgehead atoms. The molecular formula is C18H22FNO4. The number of carboxylic acid groups (broad SMARTS) is 1. The van der Waals surface area contributed by atoms with Gasteiger partial charge in [-0.2, -0.15) is 0 Å². The molecule has 1 saturated heterocycles. The van der Waals surface area contributed by atoms with Crippen molar-refractivity contribution in [3.05, 3.63) is 30.1 Å². The number of para-hydroxylation sites is 1. The van der Waals surface area contributed by atoms with Crippen molar-refractivity contribution in [3.8, 4) is 5.75 Å². The lowest BCUT2D eigenvalue weighted by Gasteiger charge is -2.33. The molecule has 1 aromatic rings. The van der Waals surface area contributed by atoms with Crippen LogP contribution in [0.2, 0.25) is 0 Å². The summed E-state index contributed by atoms with van der Waals surface area (Å²) in [6.45, 7) is 0.0417. The first kappa shape index (κ1) is 16.7. The summed E-state index contributed by atoms with van der Waals surface area (Å²) in [6.07, 6.45) is 4.59. The number of fused-ring (bicyclic) bond motifs is 1. The van der Waals surface area contributed by atoms with Crippen LogP contribution in [0.25, 0.3) is 0 Å². The summed E-state index contributed by atoms with van der Waals surface area (Å²) in [7, 11) is 0. The number of likely N-dealkylation sites (tertiary alicyclic amines) is 1. The van der Waals surface area contributed by atoms with Gasteiger partial charge in [-0.05, 0) is 37.3 Å². The van der Waals surface area contributed by atoms with Crippen molar-refractivity contribution >= 4 is 11.9 Å². The van der Waals surface area contributed by atoms with Gasteiger partial charge in [-0.3, -0.25) is 4.79 Å². The van der Waals surface area contributed by atoms with Crippen molar-refractivity contribution in [2.24, 2.45) is 5.92 Å². The third-order valence-electron chi connectivity index (χ3n) is 5.07. The molecule has 3 unspecified atom stereocenters. The van der Waals surface area contributed by atoms with Crippen molar-refractivity contribution in [2.45, 2.75) is 50.6 Å². The molecule has 1 aliphatic carbocycles. The summed E-state index contributed by atoms with van der Waals surface area (Å²) in [5, 5.41) is 9.44. The number of ether oxygens (including phenoxy) is 1. The van der Waals surface area contributed by atoms with Crippen LogP contribution in [-0.4, -0.2) is 40.6 Å². The Morgan fingerprint density at radius 3 is 2.75 bits per heavy atom. The smallest absolute Gasteiger partial charge is 0.326 e. The molecular weight excluding hydrogens is 313 g/mol. The van der Waals surface area contributed by atoms with E-state index in [1.54, 1.807) is 17.0 Å². The van der Waals surface area contributed by atoms with E-state index in [0.29, 0.717) is 6.42 Å². The summed E-state index contributed by atoms with van der Waals surface area (Å²) in [6, 6.07) is 5.32. The van der Waals surface area contributed by atoms with Gasteiger partial charge in [-0.15, -0.1) is 0 Å². The Morgan fingerprint density at radius 1 is 1.25 bits per heavy atom. The second kappa shape index (κ2) is 7.20. The molecule has 1 saturated carbocycles. The second-order valence-corrected chi connectivity index (χ2v) is 6.53. The molecule has 3 rings (SSSR count). The Labute approximate surface area is 140 Å². The number of hydrogen-bond donors (Lipinski definition) is 1. The lowest BCUT2D eigenvalue weighted by Crippen LogP contribution is -2.46. The molecule has 0 spiro atoms. The highest BCUT2D eigenvalue weighted by Crippen LogP contribution is 2.40. The lowest BCUT2D eigenvalue weighted by atomic mass is 9.84. The van der Waals surface area contributed by atoms with Gasteiger partial charge in [0, 0.05) is 6.04 Å². The number of halogens is 1. The van der Waals surface area contributed by atoms with Crippen LogP contribution in [0.3, 0.4) is 0 Å². The van der Waals surface area contributed by atoms with Crippen LogP contribution in [0.15, 0.2) is 24.3 Å². The molecule has 1 N–H and O–H groups in total. The Kier molecular flexibility index (Phi) is 5.02. The number of carbonyl (C=O) groups excluding carboxylic acids is 1. The van der Waals surface area contributed by atoms with Crippen molar-refractivity contribution in [3.63, 3.8) is 0 Å². The molecule has 1 aliphatic heterocycles. The van der Waals surface area contributed by atoms with Gasteiger partial charge in [0.2, 0.25) is 5.91 Å². The van der Waals surface area contributed by atoms with E-state index in [-0.39, 0.29) is 36.6 Å². The molecule has 2 aliphatic rings. The number of aliphatic carboxylic acids is 1. The number of rotatable bonds is 5. The minimum atomic E-state index is -0.937. The summed E-state index contributed by atoms with van der Waals surface area (Å²) in [5.41, 5.74) is 0. The van der Waals surface area contributed by atoms with Gasteiger partial charge in [-0.25, -0.2) is 9.18 Å².